The van der Waals surface area contributed by atoms with Gasteiger partial charge in [0.1, 0.15) is 6.17 Å². The molecule has 0 radical (unpaired) electrons. The number of rotatable bonds is 6. The summed E-state index contributed by atoms with van der Waals surface area (Å²) >= 11 is 1.79. The van der Waals surface area contributed by atoms with Crippen molar-refractivity contribution in [2.45, 2.75) is 71.6 Å². The minimum Gasteiger partial charge on any atom is -0.318 e. The van der Waals surface area contributed by atoms with Gasteiger partial charge in [-0.1, -0.05) is 26.7 Å². The number of nitrogens with one attached hydrogen (secondary N) is 1. The molecule has 20 heavy (non-hydrogen) atoms. The molecule has 3 unspecified atom stereocenters. The van der Waals surface area contributed by atoms with Gasteiger partial charge in [-0.05, 0) is 38.8 Å². The van der Waals surface area contributed by atoms with E-state index in [9.17, 15) is 4.79 Å². The number of thiophene rings is 1. The second-order valence-corrected chi connectivity index (χ2v) is 7.03. The average molecular weight is 294 g/mol. The number of hydrogen-bond donors (Lipinski definition) is 1. The Morgan fingerprint density at radius 2 is 2.15 bits per heavy atom. The first kappa shape index (κ1) is 15.5. The number of carbonyl (C=O) groups is 1. The van der Waals surface area contributed by atoms with Crippen LogP contribution in [-0.4, -0.2) is 22.9 Å². The summed E-state index contributed by atoms with van der Waals surface area (Å²) < 4.78 is 0. The first-order chi connectivity index (χ1) is 9.58. The van der Waals surface area contributed by atoms with Gasteiger partial charge in [0, 0.05) is 15.8 Å². The van der Waals surface area contributed by atoms with E-state index in [1.54, 1.807) is 11.3 Å². The number of hydrogen-bond acceptors (Lipinski definition) is 3. The van der Waals surface area contributed by atoms with Crippen molar-refractivity contribution in [1.82, 2.24) is 10.2 Å². The molecule has 1 saturated heterocycles. The third kappa shape index (κ3) is 3.07. The van der Waals surface area contributed by atoms with Crippen LogP contribution in [-0.2, 0) is 4.79 Å². The molecule has 1 aromatic rings. The minimum absolute atomic E-state index is 0.0218. The van der Waals surface area contributed by atoms with Crippen LogP contribution in [0.25, 0.3) is 0 Å². The fraction of sp³-hybridized carbons (Fsp3) is 0.688. The van der Waals surface area contributed by atoms with Gasteiger partial charge in [-0.2, -0.15) is 0 Å². The largest absolute Gasteiger partial charge is 0.318 e. The summed E-state index contributed by atoms with van der Waals surface area (Å²) in [5.74, 6) is 0.271. The lowest BCUT2D eigenvalue weighted by Crippen LogP contribution is -2.38. The normalized spacial score (nSPS) is 24.4. The van der Waals surface area contributed by atoms with Crippen LogP contribution in [0.15, 0.2) is 12.1 Å². The molecule has 1 aromatic heterocycles. The Kier molecular flexibility index (Phi) is 5.22. The zero-order chi connectivity index (χ0) is 14.7. The summed E-state index contributed by atoms with van der Waals surface area (Å²) in [7, 11) is 0. The van der Waals surface area contributed by atoms with Crippen molar-refractivity contribution >= 4 is 17.2 Å². The lowest BCUT2D eigenvalue weighted by atomic mass is 10.1. The van der Waals surface area contributed by atoms with Crippen LogP contribution in [0.1, 0.15) is 62.4 Å². The van der Waals surface area contributed by atoms with Crippen LogP contribution in [0.5, 0.6) is 0 Å². The first-order valence-electron chi connectivity index (χ1n) is 7.73. The molecule has 1 fully saturated rings. The molecule has 3 atom stereocenters. The maximum atomic E-state index is 12.6. The molecule has 1 N–H and O–H groups in total. The smallest absolute Gasteiger partial charge is 0.241 e. The molecule has 4 heteroatoms. The molecule has 0 bridgehead atoms. The highest BCUT2D eigenvalue weighted by Gasteiger charge is 2.41. The second kappa shape index (κ2) is 6.72. The quantitative estimate of drug-likeness (QED) is 0.864. The highest BCUT2D eigenvalue weighted by Crippen LogP contribution is 2.33. The summed E-state index contributed by atoms with van der Waals surface area (Å²) in [6.07, 6.45) is 4.37. The number of amides is 1. The minimum atomic E-state index is -0.0218. The van der Waals surface area contributed by atoms with Crippen molar-refractivity contribution in [3.05, 3.63) is 21.9 Å². The van der Waals surface area contributed by atoms with Crippen LogP contribution in [0.3, 0.4) is 0 Å². The second-order valence-electron chi connectivity index (χ2n) is 5.72. The Balaban J connectivity index is 2.21. The molecule has 1 amide bonds. The molecule has 2 heterocycles. The van der Waals surface area contributed by atoms with Gasteiger partial charge in [0.2, 0.25) is 5.91 Å². The van der Waals surface area contributed by atoms with Crippen LogP contribution >= 0.6 is 11.3 Å². The molecule has 2 rings (SSSR count). The topological polar surface area (TPSA) is 32.3 Å². The molecule has 1 aliphatic rings. The van der Waals surface area contributed by atoms with Gasteiger partial charge in [-0.25, -0.2) is 0 Å². The van der Waals surface area contributed by atoms with E-state index in [0.717, 1.165) is 12.8 Å². The third-order valence-corrected chi connectivity index (χ3v) is 5.13. The van der Waals surface area contributed by atoms with Crippen molar-refractivity contribution in [1.29, 1.82) is 0 Å². The maximum absolute atomic E-state index is 12.6. The Morgan fingerprint density at radius 1 is 1.40 bits per heavy atom. The van der Waals surface area contributed by atoms with E-state index in [2.05, 4.69) is 50.0 Å². The zero-order valence-electron chi connectivity index (χ0n) is 13.0. The lowest BCUT2D eigenvalue weighted by Gasteiger charge is -2.30. The number of nitrogens with zero attached hydrogens (tertiary/aromatic N) is 1. The van der Waals surface area contributed by atoms with Crippen LogP contribution < -0.4 is 5.32 Å². The van der Waals surface area contributed by atoms with Gasteiger partial charge in [0.05, 0.1) is 6.04 Å². The molecule has 1 aliphatic heterocycles. The number of aryl methyl sites for hydroxylation is 1. The van der Waals surface area contributed by atoms with E-state index in [4.69, 9.17) is 0 Å². The number of carbonyl (C=O) groups excluding carboxylic acids is 1. The van der Waals surface area contributed by atoms with E-state index < -0.39 is 0 Å². The summed E-state index contributed by atoms with van der Waals surface area (Å²) in [4.78, 5) is 17.2. The highest BCUT2D eigenvalue weighted by atomic mass is 32.1. The summed E-state index contributed by atoms with van der Waals surface area (Å²) in [6.45, 7) is 8.58. The molecule has 112 valence electrons. The van der Waals surface area contributed by atoms with E-state index >= 15 is 0 Å². The van der Waals surface area contributed by atoms with Crippen LogP contribution in [0, 0.1) is 6.92 Å². The molecule has 0 saturated carbocycles. The van der Waals surface area contributed by atoms with E-state index in [-0.39, 0.29) is 18.1 Å². The molecule has 0 aliphatic carbocycles. The van der Waals surface area contributed by atoms with Gasteiger partial charge in [-0.15, -0.1) is 11.3 Å². The predicted molar refractivity (Wildman–Crippen MR) is 84.8 cm³/mol. The highest BCUT2D eigenvalue weighted by molar-refractivity contribution is 7.12. The van der Waals surface area contributed by atoms with Gasteiger partial charge in [0.25, 0.3) is 0 Å². The number of unbranched alkanes of at least 4 members (excludes halogenated alkanes) is 1. The standard InChI is InChI=1S/C16H26N2OS/c1-5-7-8-11(3)18-15(14-10-9-12(4)20-14)17-13(6-2)16(18)19/h9-11,13,15,17H,5-8H2,1-4H3. The van der Waals surface area contributed by atoms with Gasteiger partial charge in [-0.3, -0.25) is 10.1 Å². The summed E-state index contributed by atoms with van der Waals surface area (Å²) in [6, 6.07) is 4.58. The van der Waals surface area contributed by atoms with Gasteiger partial charge in [0.15, 0.2) is 0 Å². The van der Waals surface area contributed by atoms with Crippen molar-refractivity contribution in [2.24, 2.45) is 0 Å². The van der Waals surface area contributed by atoms with Gasteiger partial charge >= 0.3 is 0 Å². The van der Waals surface area contributed by atoms with Gasteiger partial charge < -0.3 is 4.90 Å². The third-order valence-electron chi connectivity index (χ3n) is 4.08. The molecule has 3 nitrogen and oxygen atoms in total. The van der Waals surface area contributed by atoms with E-state index in [1.165, 1.54) is 22.6 Å². The Bertz CT molecular complexity index is 457. The Morgan fingerprint density at radius 3 is 2.70 bits per heavy atom. The fourth-order valence-corrected chi connectivity index (χ4v) is 3.81. The first-order valence-corrected chi connectivity index (χ1v) is 8.54. The average Bonchev–Trinajstić information content (AvgIpc) is 2.99. The van der Waals surface area contributed by atoms with Crippen molar-refractivity contribution in [3.63, 3.8) is 0 Å². The molecular weight excluding hydrogens is 268 g/mol. The van der Waals surface area contributed by atoms with E-state index in [0.29, 0.717) is 6.04 Å². The monoisotopic (exact) mass is 294 g/mol. The molecular formula is C16H26N2OS. The van der Waals surface area contributed by atoms with Crippen LogP contribution in [0.4, 0.5) is 0 Å². The SMILES string of the molecule is CCCCC(C)N1C(=O)C(CC)NC1c1ccc(C)s1. The lowest BCUT2D eigenvalue weighted by molar-refractivity contribution is -0.132. The van der Waals surface area contributed by atoms with Crippen LogP contribution in [0.2, 0.25) is 0 Å². The Labute approximate surface area is 126 Å². The molecule has 0 spiro atoms. The Hall–Kier alpha value is -0.870. The predicted octanol–water partition coefficient (Wildman–Crippen LogP) is 3.84. The summed E-state index contributed by atoms with van der Waals surface area (Å²) in [5.41, 5.74) is 0. The zero-order valence-corrected chi connectivity index (χ0v) is 13.8. The van der Waals surface area contributed by atoms with E-state index in [1.807, 2.05) is 0 Å². The summed E-state index contributed by atoms with van der Waals surface area (Å²) in [5, 5.41) is 3.51. The van der Waals surface area contributed by atoms with Crippen molar-refractivity contribution < 1.29 is 4.79 Å². The molecule has 0 aromatic carbocycles. The van der Waals surface area contributed by atoms with Crippen molar-refractivity contribution in [2.75, 3.05) is 0 Å². The fourth-order valence-electron chi connectivity index (χ4n) is 2.87. The van der Waals surface area contributed by atoms with Crippen molar-refractivity contribution in [3.8, 4) is 0 Å². The maximum Gasteiger partial charge on any atom is 0.241 e.